The fourth-order valence-corrected chi connectivity index (χ4v) is 2.17. The number of para-hydroxylation sites is 1. The second-order valence-corrected chi connectivity index (χ2v) is 5.15. The molecule has 0 amide bonds. The lowest BCUT2D eigenvalue weighted by Gasteiger charge is -2.24. The standard InChI is InChI=1S/C16H28N2O3/c1-2-3-8-18(9-10-19)12-15(20)13-21-16-7-5-4-6-14(16)11-17/h4-7,15,19-20H,2-3,8-13,17H2,1H3. The van der Waals surface area contributed by atoms with Gasteiger partial charge in [0, 0.05) is 25.2 Å². The van der Waals surface area contributed by atoms with Crippen LogP contribution in [-0.2, 0) is 6.54 Å². The Kier molecular flexibility index (Phi) is 9.01. The Bertz CT molecular complexity index is 388. The van der Waals surface area contributed by atoms with E-state index in [0.717, 1.165) is 30.7 Å². The molecule has 5 heteroatoms. The monoisotopic (exact) mass is 296 g/mol. The number of nitrogens with zero attached hydrogens (tertiary/aromatic N) is 1. The van der Waals surface area contributed by atoms with Crippen LogP contribution in [0.2, 0.25) is 0 Å². The van der Waals surface area contributed by atoms with Gasteiger partial charge in [-0.05, 0) is 19.0 Å². The molecular weight excluding hydrogens is 268 g/mol. The summed E-state index contributed by atoms with van der Waals surface area (Å²) in [6.07, 6.45) is 1.57. The molecule has 0 aromatic heterocycles. The fourth-order valence-electron chi connectivity index (χ4n) is 2.17. The largest absolute Gasteiger partial charge is 0.491 e. The minimum Gasteiger partial charge on any atom is -0.491 e. The van der Waals surface area contributed by atoms with Crippen molar-refractivity contribution in [1.29, 1.82) is 0 Å². The number of ether oxygens (including phenoxy) is 1. The number of benzene rings is 1. The van der Waals surface area contributed by atoms with E-state index < -0.39 is 6.10 Å². The molecule has 0 aliphatic carbocycles. The van der Waals surface area contributed by atoms with E-state index in [2.05, 4.69) is 11.8 Å². The normalized spacial score (nSPS) is 12.6. The van der Waals surface area contributed by atoms with E-state index in [1.165, 1.54) is 0 Å². The van der Waals surface area contributed by atoms with Crippen molar-refractivity contribution >= 4 is 0 Å². The number of aliphatic hydroxyl groups excluding tert-OH is 2. The minimum atomic E-state index is -0.584. The quantitative estimate of drug-likeness (QED) is 0.567. The summed E-state index contributed by atoms with van der Waals surface area (Å²) in [5.41, 5.74) is 6.59. The van der Waals surface area contributed by atoms with Gasteiger partial charge in [0.15, 0.2) is 0 Å². The summed E-state index contributed by atoms with van der Waals surface area (Å²) < 4.78 is 5.65. The molecule has 0 aliphatic rings. The third-order valence-electron chi connectivity index (χ3n) is 3.34. The molecule has 1 aromatic carbocycles. The summed E-state index contributed by atoms with van der Waals surface area (Å²) >= 11 is 0. The SMILES string of the molecule is CCCCN(CCO)CC(O)COc1ccccc1CN. The lowest BCUT2D eigenvalue weighted by molar-refractivity contribution is 0.0610. The molecule has 0 saturated carbocycles. The first-order valence-corrected chi connectivity index (χ1v) is 7.63. The van der Waals surface area contributed by atoms with E-state index >= 15 is 0 Å². The minimum absolute atomic E-state index is 0.104. The first-order valence-electron chi connectivity index (χ1n) is 7.63. The topological polar surface area (TPSA) is 79.0 Å². The van der Waals surface area contributed by atoms with Crippen molar-refractivity contribution < 1.29 is 14.9 Å². The molecule has 0 radical (unpaired) electrons. The maximum absolute atomic E-state index is 10.1. The summed E-state index contributed by atoms with van der Waals surface area (Å²) in [5, 5.41) is 19.1. The van der Waals surface area contributed by atoms with Crippen molar-refractivity contribution in [1.82, 2.24) is 4.90 Å². The average Bonchev–Trinajstić information content (AvgIpc) is 2.51. The van der Waals surface area contributed by atoms with Gasteiger partial charge in [-0.15, -0.1) is 0 Å². The van der Waals surface area contributed by atoms with Crippen LogP contribution in [0.4, 0.5) is 0 Å². The predicted octanol–water partition coefficient (Wildman–Crippen LogP) is 0.979. The van der Waals surface area contributed by atoms with Crippen molar-refractivity contribution in [2.45, 2.75) is 32.4 Å². The van der Waals surface area contributed by atoms with Gasteiger partial charge in [-0.2, -0.15) is 0 Å². The molecule has 0 aliphatic heterocycles. The van der Waals surface area contributed by atoms with Crippen LogP contribution >= 0.6 is 0 Å². The Hall–Kier alpha value is -1.14. The first-order chi connectivity index (χ1) is 10.2. The van der Waals surface area contributed by atoms with Gasteiger partial charge < -0.3 is 20.7 Å². The van der Waals surface area contributed by atoms with Gasteiger partial charge in [0.2, 0.25) is 0 Å². The molecule has 4 N–H and O–H groups in total. The maximum atomic E-state index is 10.1. The summed E-state index contributed by atoms with van der Waals surface area (Å²) in [4.78, 5) is 2.06. The molecule has 0 fully saturated rings. The van der Waals surface area contributed by atoms with Crippen LogP contribution in [0.25, 0.3) is 0 Å². The summed E-state index contributed by atoms with van der Waals surface area (Å²) in [5.74, 6) is 0.723. The van der Waals surface area contributed by atoms with Crippen molar-refractivity contribution in [3.05, 3.63) is 29.8 Å². The lowest BCUT2D eigenvalue weighted by atomic mass is 10.2. The van der Waals surface area contributed by atoms with Crippen LogP contribution in [0.15, 0.2) is 24.3 Å². The second kappa shape index (κ2) is 10.6. The highest BCUT2D eigenvalue weighted by Crippen LogP contribution is 2.17. The number of aliphatic hydroxyl groups is 2. The van der Waals surface area contributed by atoms with Crippen LogP contribution in [0.3, 0.4) is 0 Å². The third kappa shape index (κ3) is 6.91. The molecule has 21 heavy (non-hydrogen) atoms. The fraction of sp³-hybridized carbons (Fsp3) is 0.625. The zero-order valence-corrected chi connectivity index (χ0v) is 12.9. The summed E-state index contributed by atoms with van der Waals surface area (Å²) in [6, 6.07) is 7.58. The first kappa shape index (κ1) is 17.9. The number of unbranched alkanes of at least 4 members (excludes halogenated alkanes) is 1. The zero-order valence-electron chi connectivity index (χ0n) is 12.9. The highest BCUT2D eigenvalue weighted by Gasteiger charge is 2.12. The van der Waals surface area contributed by atoms with E-state index in [0.29, 0.717) is 19.6 Å². The van der Waals surface area contributed by atoms with Crippen molar-refractivity contribution in [3.8, 4) is 5.75 Å². The number of nitrogens with two attached hydrogens (primary N) is 1. The molecular formula is C16H28N2O3. The molecule has 0 heterocycles. The van der Waals surface area contributed by atoms with Gasteiger partial charge in [-0.25, -0.2) is 0 Å². The van der Waals surface area contributed by atoms with E-state index in [4.69, 9.17) is 15.6 Å². The Labute approximate surface area is 127 Å². The molecule has 1 unspecified atom stereocenters. The molecule has 5 nitrogen and oxygen atoms in total. The lowest BCUT2D eigenvalue weighted by Crippen LogP contribution is -2.38. The van der Waals surface area contributed by atoms with E-state index in [1.54, 1.807) is 0 Å². The van der Waals surface area contributed by atoms with Gasteiger partial charge in [0.1, 0.15) is 18.5 Å². The van der Waals surface area contributed by atoms with Gasteiger partial charge >= 0.3 is 0 Å². The van der Waals surface area contributed by atoms with Crippen LogP contribution in [-0.4, -0.2) is 54.1 Å². The Morgan fingerprint density at radius 1 is 1.29 bits per heavy atom. The number of hydrogen-bond acceptors (Lipinski definition) is 5. The summed E-state index contributed by atoms with van der Waals surface area (Å²) in [7, 11) is 0. The maximum Gasteiger partial charge on any atom is 0.123 e. The third-order valence-corrected chi connectivity index (χ3v) is 3.34. The molecule has 0 spiro atoms. The van der Waals surface area contributed by atoms with E-state index in [-0.39, 0.29) is 13.2 Å². The molecule has 1 aromatic rings. The van der Waals surface area contributed by atoms with Gasteiger partial charge in [-0.3, -0.25) is 4.90 Å². The number of hydrogen-bond donors (Lipinski definition) is 3. The highest BCUT2D eigenvalue weighted by atomic mass is 16.5. The van der Waals surface area contributed by atoms with E-state index in [9.17, 15) is 5.11 Å². The van der Waals surface area contributed by atoms with E-state index in [1.807, 2.05) is 24.3 Å². The molecule has 1 rings (SSSR count). The van der Waals surface area contributed by atoms with Gasteiger partial charge in [-0.1, -0.05) is 31.5 Å². The summed E-state index contributed by atoms with van der Waals surface area (Å²) in [6.45, 7) is 4.84. The van der Waals surface area contributed by atoms with Crippen LogP contribution in [0, 0.1) is 0 Å². The predicted molar refractivity (Wildman–Crippen MR) is 84.3 cm³/mol. The molecule has 1 atom stereocenters. The Morgan fingerprint density at radius 3 is 2.71 bits per heavy atom. The number of rotatable bonds is 11. The average molecular weight is 296 g/mol. The van der Waals surface area contributed by atoms with Crippen molar-refractivity contribution in [2.24, 2.45) is 5.73 Å². The zero-order chi connectivity index (χ0) is 15.5. The van der Waals surface area contributed by atoms with Gasteiger partial charge in [0.25, 0.3) is 0 Å². The van der Waals surface area contributed by atoms with Crippen LogP contribution < -0.4 is 10.5 Å². The van der Waals surface area contributed by atoms with Crippen LogP contribution in [0.1, 0.15) is 25.3 Å². The van der Waals surface area contributed by atoms with Crippen molar-refractivity contribution in [2.75, 3.05) is 32.8 Å². The highest BCUT2D eigenvalue weighted by molar-refractivity contribution is 5.32. The van der Waals surface area contributed by atoms with Crippen molar-refractivity contribution in [3.63, 3.8) is 0 Å². The Morgan fingerprint density at radius 2 is 2.05 bits per heavy atom. The molecule has 0 bridgehead atoms. The second-order valence-electron chi connectivity index (χ2n) is 5.15. The smallest absolute Gasteiger partial charge is 0.123 e. The molecule has 0 saturated heterocycles. The van der Waals surface area contributed by atoms with Crippen LogP contribution in [0.5, 0.6) is 5.75 Å². The Balaban J connectivity index is 2.42. The molecule has 120 valence electrons. The van der Waals surface area contributed by atoms with Gasteiger partial charge in [0.05, 0.1) is 6.61 Å².